The third-order valence-electron chi connectivity index (χ3n) is 3.53. The Morgan fingerprint density at radius 2 is 1.50 bits per heavy atom. The number of rotatable bonds is 3. The number of benzene rings is 2. The first-order valence-corrected chi connectivity index (χ1v) is 8.30. The van der Waals surface area contributed by atoms with Crippen LogP contribution < -0.4 is 0 Å². The third-order valence-corrected chi connectivity index (χ3v) is 5.64. The SMILES string of the molecule is O=S(=O)(c1ccc(CCl)cc1)N1Cc2ccccc2C1. The van der Waals surface area contributed by atoms with E-state index in [0.717, 1.165) is 16.7 Å². The van der Waals surface area contributed by atoms with Crippen LogP contribution in [0.4, 0.5) is 0 Å². The van der Waals surface area contributed by atoms with Crippen molar-refractivity contribution in [2.24, 2.45) is 0 Å². The molecule has 104 valence electrons. The fraction of sp³-hybridized carbons (Fsp3) is 0.200. The van der Waals surface area contributed by atoms with Gasteiger partial charge in [-0.2, -0.15) is 4.31 Å². The molecule has 0 aliphatic carbocycles. The molecule has 1 aliphatic rings. The van der Waals surface area contributed by atoms with Crippen molar-refractivity contribution in [1.29, 1.82) is 0 Å². The molecule has 0 N–H and O–H groups in total. The second-order valence-corrected chi connectivity index (χ2v) is 7.02. The molecule has 2 aromatic carbocycles. The predicted octanol–water partition coefficient (Wildman–Crippen LogP) is 3.13. The number of hydrogen-bond acceptors (Lipinski definition) is 2. The minimum absolute atomic E-state index is 0.319. The maximum absolute atomic E-state index is 12.6. The zero-order valence-electron chi connectivity index (χ0n) is 10.8. The fourth-order valence-corrected chi connectivity index (χ4v) is 3.95. The summed E-state index contributed by atoms with van der Waals surface area (Å²) in [6.07, 6.45) is 0. The molecule has 3 rings (SSSR count). The molecule has 0 amide bonds. The van der Waals surface area contributed by atoms with Crippen LogP contribution in [0, 0.1) is 0 Å². The number of hydrogen-bond donors (Lipinski definition) is 0. The van der Waals surface area contributed by atoms with Crippen molar-refractivity contribution in [2.45, 2.75) is 23.9 Å². The van der Waals surface area contributed by atoms with E-state index in [4.69, 9.17) is 11.6 Å². The number of fused-ring (bicyclic) bond motifs is 1. The second-order valence-electron chi connectivity index (χ2n) is 4.82. The van der Waals surface area contributed by atoms with Gasteiger partial charge < -0.3 is 0 Å². The summed E-state index contributed by atoms with van der Waals surface area (Å²) in [5.41, 5.74) is 3.07. The van der Waals surface area contributed by atoms with Gasteiger partial charge in [0.15, 0.2) is 0 Å². The van der Waals surface area contributed by atoms with Gasteiger partial charge in [0.05, 0.1) is 4.90 Å². The topological polar surface area (TPSA) is 37.4 Å². The molecule has 5 heteroatoms. The van der Waals surface area contributed by atoms with Crippen LogP contribution in [0.3, 0.4) is 0 Å². The normalized spacial score (nSPS) is 15.2. The Hall–Kier alpha value is -1.36. The van der Waals surface area contributed by atoms with E-state index in [2.05, 4.69) is 0 Å². The maximum Gasteiger partial charge on any atom is 0.243 e. The number of alkyl halides is 1. The highest BCUT2D eigenvalue weighted by atomic mass is 35.5. The number of halogens is 1. The van der Waals surface area contributed by atoms with Crippen molar-refractivity contribution in [3.63, 3.8) is 0 Å². The van der Waals surface area contributed by atoms with E-state index in [1.165, 1.54) is 4.31 Å². The van der Waals surface area contributed by atoms with Crippen LogP contribution in [0.1, 0.15) is 16.7 Å². The molecule has 0 aromatic heterocycles. The van der Waals surface area contributed by atoms with Crippen LogP contribution in [0.2, 0.25) is 0 Å². The smallest absolute Gasteiger partial charge is 0.207 e. The Balaban J connectivity index is 1.90. The van der Waals surface area contributed by atoms with E-state index in [0.29, 0.717) is 23.9 Å². The zero-order chi connectivity index (χ0) is 14.2. The van der Waals surface area contributed by atoms with Gasteiger partial charge in [0.25, 0.3) is 0 Å². The van der Waals surface area contributed by atoms with Gasteiger partial charge >= 0.3 is 0 Å². The zero-order valence-corrected chi connectivity index (χ0v) is 12.4. The number of sulfonamides is 1. The highest BCUT2D eigenvalue weighted by Crippen LogP contribution is 2.28. The Labute approximate surface area is 123 Å². The van der Waals surface area contributed by atoms with Gasteiger partial charge in [-0.3, -0.25) is 0 Å². The average Bonchev–Trinajstić information content (AvgIpc) is 2.92. The molecule has 0 spiro atoms. The Kier molecular flexibility index (Phi) is 3.54. The van der Waals surface area contributed by atoms with Gasteiger partial charge in [-0.1, -0.05) is 36.4 Å². The van der Waals surface area contributed by atoms with E-state index in [1.54, 1.807) is 24.3 Å². The van der Waals surface area contributed by atoms with E-state index in [-0.39, 0.29) is 0 Å². The molecule has 0 saturated heterocycles. The summed E-state index contributed by atoms with van der Waals surface area (Å²) < 4.78 is 26.7. The molecule has 0 saturated carbocycles. The molecule has 2 aromatic rings. The van der Waals surface area contributed by atoms with Gasteiger partial charge in [-0.05, 0) is 28.8 Å². The lowest BCUT2D eigenvalue weighted by Gasteiger charge is -2.15. The lowest BCUT2D eigenvalue weighted by atomic mass is 10.1. The molecular formula is C15H14ClNO2S. The second kappa shape index (κ2) is 5.20. The molecular weight excluding hydrogens is 294 g/mol. The van der Waals surface area contributed by atoms with Crippen LogP contribution in [0.5, 0.6) is 0 Å². The van der Waals surface area contributed by atoms with Gasteiger partial charge in [0, 0.05) is 19.0 Å². The van der Waals surface area contributed by atoms with Crippen LogP contribution in [-0.2, 0) is 29.0 Å². The fourth-order valence-electron chi connectivity index (χ4n) is 2.37. The van der Waals surface area contributed by atoms with Crippen LogP contribution in [-0.4, -0.2) is 12.7 Å². The Bertz CT molecular complexity index is 701. The van der Waals surface area contributed by atoms with Crippen molar-refractivity contribution in [3.05, 3.63) is 65.2 Å². The van der Waals surface area contributed by atoms with E-state index in [9.17, 15) is 8.42 Å². The summed E-state index contributed by atoms with van der Waals surface area (Å²) in [4.78, 5) is 0.319. The largest absolute Gasteiger partial charge is 0.243 e. The molecule has 20 heavy (non-hydrogen) atoms. The van der Waals surface area contributed by atoms with Crippen molar-refractivity contribution < 1.29 is 8.42 Å². The highest BCUT2D eigenvalue weighted by molar-refractivity contribution is 7.89. The quantitative estimate of drug-likeness (QED) is 0.817. The lowest BCUT2D eigenvalue weighted by molar-refractivity contribution is 0.431. The Morgan fingerprint density at radius 1 is 0.950 bits per heavy atom. The van der Waals surface area contributed by atoms with Crippen molar-refractivity contribution >= 4 is 21.6 Å². The van der Waals surface area contributed by atoms with Gasteiger partial charge in [0.1, 0.15) is 0 Å². The molecule has 0 fully saturated rings. The number of nitrogens with zero attached hydrogens (tertiary/aromatic N) is 1. The van der Waals surface area contributed by atoms with Crippen molar-refractivity contribution in [2.75, 3.05) is 0 Å². The van der Waals surface area contributed by atoms with Gasteiger partial charge in [-0.15, -0.1) is 11.6 Å². The molecule has 0 unspecified atom stereocenters. The lowest BCUT2D eigenvalue weighted by Crippen LogP contribution is -2.25. The molecule has 3 nitrogen and oxygen atoms in total. The van der Waals surface area contributed by atoms with Crippen LogP contribution in [0.25, 0.3) is 0 Å². The van der Waals surface area contributed by atoms with Crippen LogP contribution >= 0.6 is 11.6 Å². The maximum atomic E-state index is 12.6. The summed E-state index contributed by atoms with van der Waals surface area (Å²) >= 11 is 5.72. The summed E-state index contributed by atoms with van der Waals surface area (Å²) in [5.74, 6) is 0.384. The minimum Gasteiger partial charge on any atom is -0.207 e. The standard InChI is InChI=1S/C15H14ClNO2S/c16-9-12-5-7-15(8-6-12)20(18,19)17-10-13-3-1-2-4-14(13)11-17/h1-8H,9-11H2. The highest BCUT2D eigenvalue weighted by Gasteiger charge is 2.30. The summed E-state index contributed by atoms with van der Waals surface area (Å²) in [5, 5.41) is 0. The molecule has 0 bridgehead atoms. The average molecular weight is 308 g/mol. The summed E-state index contributed by atoms with van der Waals surface area (Å²) in [6, 6.07) is 14.6. The van der Waals surface area contributed by atoms with Crippen molar-refractivity contribution in [1.82, 2.24) is 4.31 Å². The van der Waals surface area contributed by atoms with Gasteiger partial charge in [-0.25, -0.2) is 8.42 Å². The predicted molar refractivity (Wildman–Crippen MR) is 78.9 cm³/mol. The van der Waals surface area contributed by atoms with E-state index in [1.807, 2.05) is 24.3 Å². The molecule has 0 radical (unpaired) electrons. The molecule has 1 aliphatic heterocycles. The first-order chi connectivity index (χ1) is 9.61. The first-order valence-electron chi connectivity index (χ1n) is 6.33. The monoisotopic (exact) mass is 307 g/mol. The summed E-state index contributed by atoms with van der Waals surface area (Å²) in [6.45, 7) is 0.880. The van der Waals surface area contributed by atoms with Crippen LogP contribution in [0.15, 0.2) is 53.4 Å². The first kappa shape index (κ1) is 13.6. The molecule has 0 atom stereocenters. The van der Waals surface area contributed by atoms with Gasteiger partial charge in [0.2, 0.25) is 10.0 Å². The Morgan fingerprint density at radius 3 is 2.00 bits per heavy atom. The minimum atomic E-state index is -3.44. The summed E-state index contributed by atoms with van der Waals surface area (Å²) in [7, 11) is -3.44. The molecule has 1 heterocycles. The van der Waals surface area contributed by atoms with E-state index < -0.39 is 10.0 Å². The van der Waals surface area contributed by atoms with E-state index >= 15 is 0 Å². The third kappa shape index (κ3) is 2.35. The van der Waals surface area contributed by atoms with Crippen molar-refractivity contribution in [3.8, 4) is 0 Å².